The van der Waals surface area contributed by atoms with Crippen LogP contribution in [0.4, 0.5) is 17.1 Å². The smallest absolute Gasteiger partial charge is 0.399 e. The molecule has 3 aromatic rings. The van der Waals surface area contributed by atoms with Gasteiger partial charge in [0.1, 0.15) is 0 Å². The van der Waals surface area contributed by atoms with Gasteiger partial charge in [-0.1, -0.05) is 61.8 Å². The molecule has 0 bridgehead atoms. The summed E-state index contributed by atoms with van der Waals surface area (Å²) in [7, 11) is -0.489. The van der Waals surface area contributed by atoms with Crippen LogP contribution in [0.3, 0.4) is 0 Å². The Morgan fingerprint density at radius 1 is 0.750 bits per heavy atom. The molecule has 0 unspecified atom stereocenters. The molecular formula is C27H31BClNO2. The van der Waals surface area contributed by atoms with Crippen molar-refractivity contribution in [3.8, 4) is 0 Å². The number of rotatable bonds is 5. The first-order valence-corrected chi connectivity index (χ1v) is 11.6. The molecule has 0 aliphatic carbocycles. The summed E-state index contributed by atoms with van der Waals surface area (Å²) < 4.78 is 12.4. The summed E-state index contributed by atoms with van der Waals surface area (Å²) >= 11 is 6.79. The van der Waals surface area contributed by atoms with Crippen LogP contribution in [0.1, 0.15) is 53.0 Å². The highest BCUT2D eigenvalue weighted by Gasteiger charge is 2.52. The fourth-order valence-corrected chi connectivity index (χ4v) is 4.11. The topological polar surface area (TPSA) is 21.7 Å². The van der Waals surface area contributed by atoms with Gasteiger partial charge in [0.15, 0.2) is 0 Å². The van der Waals surface area contributed by atoms with Crippen molar-refractivity contribution in [3.05, 3.63) is 83.4 Å². The Kier molecular flexibility index (Phi) is 6.15. The third-order valence-electron chi connectivity index (χ3n) is 6.58. The molecule has 0 N–H and O–H groups in total. The van der Waals surface area contributed by atoms with Gasteiger partial charge < -0.3 is 14.2 Å². The maximum Gasteiger partial charge on any atom is 0.496 e. The Morgan fingerprint density at radius 2 is 1.28 bits per heavy atom. The van der Waals surface area contributed by atoms with Gasteiger partial charge in [0, 0.05) is 27.5 Å². The van der Waals surface area contributed by atoms with Crippen LogP contribution in [0, 0.1) is 0 Å². The summed E-state index contributed by atoms with van der Waals surface area (Å²) in [4.78, 5) is 2.21. The van der Waals surface area contributed by atoms with Gasteiger partial charge in [-0.05, 0) is 75.6 Å². The standard InChI is InChI=1S/C27H31BClNO2/c1-19(2)20-12-14-22(15-13-20)30(21-10-8-7-9-11-21)23-16-17-24(25(29)18-23)28-31-26(3,4)27(5,6)32-28/h7-19H,1-6H3. The molecule has 4 rings (SSSR count). The average Bonchev–Trinajstić information content (AvgIpc) is 2.96. The first-order valence-electron chi connectivity index (χ1n) is 11.2. The Bertz CT molecular complexity index is 1060. The fourth-order valence-electron chi connectivity index (χ4n) is 3.85. The third-order valence-corrected chi connectivity index (χ3v) is 6.91. The monoisotopic (exact) mass is 447 g/mol. The minimum Gasteiger partial charge on any atom is -0.399 e. The number of benzene rings is 3. The van der Waals surface area contributed by atoms with Crippen LogP contribution in [-0.2, 0) is 9.31 Å². The highest BCUT2D eigenvalue weighted by atomic mass is 35.5. The summed E-state index contributed by atoms with van der Waals surface area (Å²) in [6.45, 7) is 12.6. The van der Waals surface area contributed by atoms with Crippen LogP contribution in [0.5, 0.6) is 0 Å². The zero-order chi connectivity index (χ0) is 23.1. The second-order valence-electron chi connectivity index (χ2n) is 9.71. The highest BCUT2D eigenvalue weighted by Crippen LogP contribution is 2.39. The fraction of sp³-hybridized carbons (Fsp3) is 0.333. The highest BCUT2D eigenvalue weighted by molar-refractivity contribution is 6.65. The van der Waals surface area contributed by atoms with Gasteiger partial charge in [-0.3, -0.25) is 0 Å². The van der Waals surface area contributed by atoms with Crippen LogP contribution in [0.2, 0.25) is 5.02 Å². The molecule has 0 amide bonds. The van der Waals surface area contributed by atoms with Gasteiger partial charge in [-0.25, -0.2) is 0 Å². The molecule has 1 aliphatic heterocycles. The van der Waals surface area contributed by atoms with E-state index in [0.717, 1.165) is 22.5 Å². The summed E-state index contributed by atoms with van der Waals surface area (Å²) in [5.41, 5.74) is 4.48. The largest absolute Gasteiger partial charge is 0.496 e. The molecular weight excluding hydrogens is 417 g/mol. The van der Waals surface area contributed by atoms with Gasteiger partial charge >= 0.3 is 7.12 Å². The quantitative estimate of drug-likeness (QED) is 0.385. The molecule has 166 valence electrons. The van der Waals surface area contributed by atoms with E-state index in [1.807, 2.05) is 58.0 Å². The Labute approximate surface area is 197 Å². The summed E-state index contributed by atoms with van der Waals surface area (Å²) in [6.07, 6.45) is 0. The average molecular weight is 448 g/mol. The normalized spacial score (nSPS) is 17.1. The molecule has 3 nitrogen and oxygen atoms in total. The molecule has 0 spiro atoms. The van der Waals surface area contributed by atoms with Crippen molar-refractivity contribution in [3.63, 3.8) is 0 Å². The van der Waals surface area contributed by atoms with Gasteiger partial charge in [0.05, 0.1) is 11.2 Å². The number of hydrogen-bond acceptors (Lipinski definition) is 3. The zero-order valence-corrected chi connectivity index (χ0v) is 20.5. The van der Waals surface area contributed by atoms with E-state index in [1.165, 1.54) is 5.56 Å². The lowest BCUT2D eigenvalue weighted by Crippen LogP contribution is -2.41. The first-order chi connectivity index (χ1) is 15.1. The van der Waals surface area contributed by atoms with E-state index in [-0.39, 0.29) is 0 Å². The van der Waals surface area contributed by atoms with Gasteiger partial charge in [-0.2, -0.15) is 0 Å². The van der Waals surface area contributed by atoms with Crippen LogP contribution < -0.4 is 10.4 Å². The van der Waals surface area contributed by atoms with E-state index in [9.17, 15) is 0 Å². The Balaban J connectivity index is 1.72. The second-order valence-corrected chi connectivity index (χ2v) is 10.1. The van der Waals surface area contributed by atoms with E-state index in [1.54, 1.807) is 0 Å². The number of hydrogen-bond donors (Lipinski definition) is 0. The van der Waals surface area contributed by atoms with Gasteiger partial charge in [0.2, 0.25) is 0 Å². The SMILES string of the molecule is CC(C)c1ccc(N(c2ccccc2)c2ccc(B3OC(C)(C)C(C)(C)O3)c(Cl)c2)cc1. The van der Waals surface area contributed by atoms with E-state index < -0.39 is 18.3 Å². The molecule has 0 saturated carbocycles. The van der Waals surface area contributed by atoms with Crippen LogP contribution in [0.25, 0.3) is 0 Å². The van der Waals surface area contributed by atoms with Crippen molar-refractivity contribution in [1.29, 1.82) is 0 Å². The molecule has 0 atom stereocenters. The maximum atomic E-state index is 6.79. The van der Waals surface area contributed by atoms with Crippen molar-refractivity contribution in [1.82, 2.24) is 0 Å². The van der Waals surface area contributed by atoms with Gasteiger partial charge in [-0.15, -0.1) is 0 Å². The minimum atomic E-state index is -0.489. The molecule has 32 heavy (non-hydrogen) atoms. The predicted octanol–water partition coefficient (Wildman–Crippen LogP) is 7.23. The molecule has 0 aromatic heterocycles. The lowest BCUT2D eigenvalue weighted by atomic mass is 9.79. The zero-order valence-electron chi connectivity index (χ0n) is 19.7. The Hall–Kier alpha value is -2.27. The third kappa shape index (κ3) is 4.32. The molecule has 3 aromatic carbocycles. The number of para-hydroxylation sites is 1. The van der Waals surface area contributed by atoms with Crippen molar-refractivity contribution in [2.45, 2.75) is 58.7 Å². The minimum absolute atomic E-state index is 0.409. The van der Waals surface area contributed by atoms with Crippen LogP contribution in [0.15, 0.2) is 72.8 Å². The van der Waals surface area contributed by atoms with Crippen molar-refractivity contribution >= 4 is 41.2 Å². The number of nitrogens with zero attached hydrogens (tertiary/aromatic N) is 1. The molecule has 1 fully saturated rings. The number of halogens is 1. The summed E-state index contributed by atoms with van der Waals surface area (Å²) in [5, 5.41) is 0.626. The van der Waals surface area contributed by atoms with E-state index in [4.69, 9.17) is 20.9 Å². The van der Waals surface area contributed by atoms with Crippen LogP contribution >= 0.6 is 11.6 Å². The molecule has 1 heterocycles. The molecule has 1 saturated heterocycles. The van der Waals surface area contributed by atoms with E-state index in [2.05, 4.69) is 61.2 Å². The Morgan fingerprint density at radius 3 is 1.81 bits per heavy atom. The number of anilines is 3. The first kappa shape index (κ1) is 22.9. The predicted molar refractivity (Wildman–Crippen MR) is 136 cm³/mol. The molecule has 5 heteroatoms. The lowest BCUT2D eigenvalue weighted by Gasteiger charge is -2.32. The molecule has 0 radical (unpaired) electrons. The van der Waals surface area contributed by atoms with Crippen molar-refractivity contribution in [2.75, 3.05) is 4.90 Å². The summed E-state index contributed by atoms with van der Waals surface area (Å²) in [6, 6.07) is 25.1. The van der Waals surface area contributed by atoms with Crippen molar-refractivity contribution in [2.24, 2.45) is 0 Å². The maximum absolute atomic E-state index is 6.79. The second kappa shape index (κ2) is 8.59. The summed E-state index contributed by atoms with van der Waals surface area (Å²) in [5.74, 6) is 0.489. The molecule has 1 aliphatic rings. The van der Waals surface area contributed by atoms with Gasteiger partial charge in [0.25, 0.3) is 0 Å². The van der Waals surface area contributed by atoms with E-state index >= 15 is 0 Å². The van der Waals surface area contributed by atoms with E-state index in [0.29, 0.717) is 10.9 Å². The van der Waals surface area contributed by atoms with Crippen molar-refractivity contribution < 1.29 is 9.31 Å². The lowest BCUT2D eigenvalue weighted by molar-refractivity contribution is 0.00578. The van der Waals surface area contributed by atoms with Crippen LogP contribution in [-0.4, -0.2) is 18.3 Å².